The first-order chi connectivity index (χ1) is 15.5. The van der Waals surface area contributed by atoms with Crippen molar-refractivity contribution in [2.75, 3.05) is 23.9 Å². The monoisotopic (exact) mass is 433 g/mol. The molecule has 1 unspecified atom stereocenters. The second kappa shape index (κ2) is 9.38. The first-order valence-electron chi connectivity index (χ1n) is 10.1. The van der Waals surface area contributed by atoms with Crippen LogP contribution in [0.1, 0.15) is 12.5 Å². The fourth-order valence-electron chi connectivity index (χ4n) is 3.38. The van der Waals surface area contributed by atoms with Crippen LogP contribution in [0.15, 0.2) is 67.0 Å². The van der Waals surface area contributed by atoms with Crippen LogP contribution in [0.2, 0.25) is 0 Å². The lowest BCUT2D eigenvalue weighted by Gasteiger charge is -2.32. The van der Waals surface area contributed by atoms with E-state index >= 15 is 0 Å². The Morgan fingerprint density at radius 3 is 2.78 bits per heavy atom. The van der Waals surface area contributed by atoms with Crippen molar-refractivity contribution in [2.24, 2.45) is 0 Å². The number of methoxy groups -OCH3 is 1. The van der Waals surface area contributed by atoms with Gasteiger partial charge in [-0.2, -0.15) is 0 Å². The topological polar surface area (TPSA) is 90.0 Å². The molecule has 1 atom stereocenters. The number of hydrogen-bond acceptors (Lipinski definition) is 6. The highest BCUT2D eigenvalue weighted by Gasteiger charge is 2.32. The number of nitrogens with one attached hydrogen (secondary N) is 1. The standard InChI is InChI=1S/C24H23N3O5/c1-16-24(29)27(19-7-3-4-8-20(19)32-16)14-23(28)26-18-9-10-21(30-2)22(12-18)31-15-17-6-5-11-25-13-17/h3-13,16H,14-15H2,1-2H3,(H,26,28). The van der Waals surface area contributed by atoms with Crippen molar-refractivity contribution in [1.29, 1.82) is 0 Å². The number of amides is 2. The number of hydrogen-bond donors (Lipinski definition) is 1. The number of aromatic nitrogens is 1. The number of carbonyl (C=O) groups excluding carboxylic acids is 2. The molecule has 1 N–H and O–H groups in total. The molecular weight excluding hydrogens is 410 g/mol. The highest BCUT2D eigenvalue weighted by atomic mass is 16.5. The normalized spacial score (nSPS) is 14.9. The molecule has 1 aliphatic heterocycles. The van der Waals surface area contributed by atoms with Gasteiger partial charge >= 0.3 is 0 Å². The van der Waals surface area contributed by atoms with Crippen LogP contribution in [0.4, 0.5) is 11.4 Å². The molecule has 0 radical (unpaired) electrons. The summed E-state index contributed by atoms with van der Waals surface area (Å²) in [6.07, 6.45) is 2.75. The second-order valence-corrected chi connectivity index (χ2v) is 7.22. The molecule has 0 spiro atoms. The third-order valence-corrected chi connectivity index (χ3v) is 4.94. The van der Waals surface area contributed by atoms with Gasteiger partial charge in [-0.3, -0.25) is 19.5 Å². The molecule has 32 heavy (non-hydrogen) atoms. The van der Waals surface area contributed by atoms with Crippen molar-refractivity contribution >= 4 is 23.2 Å². The quantitative estimate of drug-likeness (QED) is 0.614. The molecule has 0 saturated heterocycles. The summed E-state index contributed by atoms with van der Waals surface area (Å²) in [7, 11) is 1.55. The van der Waals surface area contributed by atoms with Crippen LogP contribution in [0, 0.1) is 0 Å². The molecule has 0 fully saturated rings. The minimum absolute atomic E-state index is 0.137. The van der Waals surface area contributed by atoms with Crippen molar-refractivity contribution in [1.82, 2.24) is 4.98 Å². The Morgan fingerprint density at radius 1 is 1.16 bits per heavy atom. The van der Waals surface area contributed by atoms with E-state index < -0.39 is 6.10 Å². The summed E-state index contributed by atoms with van der Waals surface area (Å²) < 4.78 is 16.8. The summed E-state index contributed by atoms with van der Waals surface area (Å²) in [4.78, 5) is 30.9. The SMILES string of the molecule is COc1ccc(NC(=O)CN2C(=O)C(C)Oc3ccccc32)cc1OCc1cccnc1. The fraction of sp³-hybridized carbons (Fsp3) is 0.208. The number of pyridine rings is 1. The fourth-order valence-corrected chi connectivity index (χ4v) is 3.38. The van der Waals surface area contributed by atoms with E-state index in [1.807, 2.05) is 18.2 Å². The maximum Gasteiger partial charge on any atom is 0.268 e. The molecule has 3 aromatic rings. The van der Waals surface area contributed by atoms with Gasteiger partial charge in [-0.15, -0.1) is 0 Å². The van der Waals surface area contributed by atoms with E-state index in [-0.39, 0.29) is 18.4 Å². The second-order valence-electron chi connectivity index (χ2n) is 7.22. The predicted octanol–water partition coefficient (Wildman–Crippen LogP) is 3.42. The van der Waals surface area contributed by atoms with Crippen LogP contribution in [-0.4, -0.2) is 36.6 Å². The molecule has 164 valence electrons. The number of benzene rings is 2. The zero-order chi connectivity index (χ0) is 22.5. The van der Waals surface area contributed by atoms with Crippen LogP contribution in [0.3, 0.4) is 0 Å². The van der Waals surface area contributed by atoms with Gasteiger partial charge in [0.25, 0.3) is 5.91 Å². The highest BCUT2D eigenvalue weighted by molar-refractivity contribution is 6.06. The molecule has 1 aromatic heterocycles. The number of para-hydroxylation sites is 2. The summed E-state index contributed by atoms with van der Waals surface area (Å²) in [5.74, 6) is 0.983. The number of anilines is 2. The zero-order valence-electron chi connectivity index (χ0n) is 17.8. The molecule has 2 heterocycles. The van der Waals surface area contributed by atoms with E-state index in [4.69, 9.17) is 14.2 Å². The first kappa shape index (κ1) is 21.2. The Kier molecular flexibility index (Phi) is 6.21. The Morgan fingerprint density at radius 2 is 2.00 bits per heavy atom. The third kappa shape index (κ3) is 4.64. The van der Waals surface area contributed by atoms with Crippen molar-refractivity contribution in [3.8, 4) is 17.2 Å². The lowest BCUT2D eigenvalue weighted by molar-refractivity contribution is -0.127. The number of ether oxygens (including phenoxy) is 3. The van der Waals surface area contributed by atoms with Crippen LogP contribution < -0.4 is 24.4 Å². The molecule has 2 aromatic carbocycles. The van der Waals surface area contributed by atoms with E-state index in [2.05, 4.69) is 10.3 Å². The van der Waals surface area contributed by atoms with Crippen LogP contribution >= 0.6 is 0 Å². The van der Waals surface area contributed by atoms with Gasteiger partial charge in [-0.25, -0.2) is 0 Å². The van der Waals surface area contributed by atoms with E-state index in [1.165, 1.54) is 4.90 Å². The lowest BCUT2D eigenvalue weighted by Crippen LogP contribution is -2.47. The van der Waals surface area contributed by atoms with Gasteiger partial charge in [0.05, 0.1) is 12.8 Å². The van der Waals surface area contributed by atoms with Gasteiger partial charge in [0, 0.05) is 29.7 Å². The summed E-state index contributed by atoms with van der Waals surface area (Å²) in [6, 6.07) is 16.0. The van der Waals surface area contributed by atoms with Crippen molar-refractivity contribution in [3.63, 3.8) is 0 Å². The number of fused-ring (bicyclic) bond motifs is 1. The number of carbonyl (C=O) groups is 2. The molecule has 8 nitrogen and oxygen atoms in total. The zero-order valence-corrected chi connectivity index (χ0v) is 17.8. The van der Waals surface area contributed by atoms with Crippen molar-refractivity contribution < 1.29 is 23.8 Å². The Labute approximate surface area is 185 Å². The predicted molar refractivity (Wildman–Crippen MR) is 119 cm³/mol. The molecule has 1 aliphatic rings. The van der Waals surface area contributed by atoms with E-state index in [9.17, 15) is 9.59 Å². The average molecular weight is 433 g/mol. The van der Waals surface area contributed by atoms with E-state index in [1.54, 1.807) is 62.8 Å². The molecule has 8 heteroatoms. The Hall–Kier alpha value is -4.07. The summed E-state index contributed by atoms with van der Waals surface area (Å²) in [6.45, 7) is 1.83. The summed E-state index contributed by atoms with van der Waals surface area (Å²) in [5.41, 5.74) is 2.00. The molecule has 0 saturated carbocycles. The van der Waals surface area contributed by atoms with E-state index in [0.29, 0.717) is 35.2 Å². The molecule has 0 bridgehead atoms. The molecule has 0 aliphatic carbocycles. The smallest absolute Gasteiger partial charge is 0.268 e. The highest BCUT2D eigenvalue weighted by Crippen LogP contribution is 2.34. The van der Waals surface area contributed by atoms with E-state index in [0.717, 1.165) is 5.56 Å². The van der Waals surface area contributed by atoms with Gasteiger partial charge < -0.3 is 19.5 Å². The third-order valence-electron chi connectivity index (χ3n) is 4.94. The van der Waals surface area contributed by atoms with Gasteiger partial charge in [-0.05, 0) is 37.3 Å². The van der Waals surface area contributed by atoms with Gasteiger partial charge in [0.15, 0.2) is 17.6 Å². The number of nitrogens with zero attached hydrogens (tertiary/aromatic N) is 2. The Balaban J connectivity index is 1.47. The maximum atomic E-state index is 12.8. The first-order valence-corrected chi connectivity index (χ1v) is 10.1. The summed E-state index contributed by atoms with van der Waals surface area (Å²) in [5, 5.41) is 2.82. The maximum absolute atomic E-state index is 12.8. The van der Waals surface area contributed by atoms with Crippen molar-refractivity contribution in [2.45, 2.75) is 19.6 Å². The van der Waals surface area contributed by atoms with Crippen LogP contribution in [-0.2, 0) is 16.2 Å². The van der Waals surface area contributed by atoms with Crippen molar-refractivity contribution in [3.05, 3.63) is 72.6 Å². The minimum Gasteiger partial charge on any atom is -0.493 e. The molecular formula is C24H23N3O5. The molecule has 2 amide bonds. The van der Waals surface area contributed by atoms with Gasteiger partial charge in [0.1, 0.15) is 18.9 Å². The van der Waals surface area contributed by atoms with Gasteiger partial charge in [0.2, 0.25) is 5.91 Å². The Bertz CT molecular complexity index is 1120. The lowest BCUT2D eigenvalue weighted by atomic mass is 10.2. The van der Waals surface area contributed by atoms with Gasteiger partial charge in [-0.1, -0.05) is 18.2 Å². The largest absolute Gasteiger partial charge is 0.493 e. The number of rotatable bonds is 7. The minimum atomic E-state index is -0.661. The molecule has 4 rings (SSSR count). The van der Waals surface area contributed by atoms with Crippen LogP contribution in [0.5, 0.6) is 17.2 Å². The van der Waals surface area contributed by atoms with Crippen LogP contribution in [0.25, 0.3) is 0 Å². The summed E-state index contributed by atoms with van der Waals surface area (Å²) >= 11 is 0. The average Bonchev–Trinajstić information content (AvgIpc) is 2.81.